The van der Waals surface area contributed by atoms with Crippen LogP contribution < -0.4 is 5.32 Å². The van der Waals surface area contributed by atoms with Gasteiger partial charge in [0.1, 0.15) is 0 Å². The van der Waals surface area contributed by atoms with Gasteiger partial charge in [-0.15, -0.1) is 0 Å². The highest BCUT2D eigenvalue weighted by atomic mass is 16.2. The highest BCUT2D eigenvalue weighted by Gasteiger charge is 2.09. The molecule has 0 aliphatic carbocycles. The van der Waals surface area contributed by atoms with Crippen molar-refractivity contribution in [2.75, 3.05) is 13.1 Å². The number of nitrogens with zero attached hydrogens (tertiary/aromatic N) is 1. The quantitative estimate of drug-likeness (QED) is 0.816. The zero-order valence-corrected chi connectivity index (χ0v) is 11.7. The molecule has 0 spiro atoms. The Labute approximate surface area is 114 Å². The largest absolute Gasteiger partial charge is 0.354 e. The van der Waals surface area contributed by atoms with Crippen molar-refractivity contribution in [1.29, 1.82) is 0 Å². The van der Waals surface area contributed by atoms with Crippen LogP contribution in [0.2, 0.25) is 0 Å². The average molecular weight is 262 g/mol. The average Bonchev–Trinajstić information content (AvgIpc) is 2.39. The van der Waals surface area contributed by atoms with Crippen molar-refractivity contribution >= 4 is 11.8 Å². The Morgan fingerprint density at radius 3 is 2.47 bits per heavy atom. The van der Waals surface area contributed by atoms with Gasteiger partial charge in [0.05, 0.1) is 0 Å². The topological polar surface area (TPSA) is 49.4 Å². The Hall–Kier alpha value is -1.84. The van der Waals surface area contributed by atoms with Gasteiger partial charge in [0.2, 0.25) is 11.8 Å². The van der Waals surface area contributed by atoms with Gasteiger partial charge in [0.15, 0.2) is 0 Å². The molecule has 0 aromatic heterocycles. The maximum Gasteiger partial charge on any atom is 0.220 e. The SMILES string of the molecule is CCCC(=O)NCCN(Cc1ccccc1)C(C)=O. The minimum absolute atomic E-state index is 0.0218. The third-order valence-corrected chi connectivity index (χ3v) is 2.84. The van der Waals surface area contributed by atoms with Gasteiger partial charge >= 0.3 is 0 Å². The van der Waals surface area contributed by atoms with E-state index in [1.165, 1.54) is 0 Å². The summed E-state index contributed by atoms with van der Waals surface area (Å²) in [6.07, 6.45) is 1.38. The van der Waals surface area contributed by atoms with Gasteiger partial charge < -0.3 is 10.2 Å². The van der Waals surface area contributed by atoms with Crippen molar-refractivity contribution in [1.82, 2.24) is 10.2 Å². The van der Waals surface area contributed by atoms with E-state index in [0.717, 1.165) is 12.0 Å². The van der Waals surface area contributed by atoms with Gasteiger partial charge in [-0.1, -0.05) is 37.3 Å². The van der Waals surface area contributed by atoms with Crippen molar-refractivity contribution in [2.45, 2.75) is 33.2 Å². The van der Waals surface area contributed by atoms with Crippen LogP contribution in [-0.2, 0) is 16.1 Å². The number of rotatable bonds is 7. The van der Waals surface area contributed by atoms with Crippen molar-refractivity contribution in [2.24, 2.45) is 0 Å². The number of carbonyl (C=O) groups is 2. The molecule has 0 bridgehead atoms. The summed E-state index contributed by atoms with van der Waals surface area (Å²) in [5.41, 5.74) is 1.09. The number of nitrogens with one attached hydrogen (secondary N) is 1. The molecule has 1 aromatic carbocycles. The normalized spacial score (nSPS) is 10.0. The monoisotopic (exact) mass is 262 g/mol. The standard InChI is InChI=1S/C15H22N2O2/c1-3-7-15(19)16-10-11-17(13(2)18)12-14-8-5-4-6-9-14/h4-6,8-9H,3,7,10-12H2,1-2H3,(H,16,19). The molecule has 19 heavy (non-hydrogen) atoms. The van der Waals surface area contributed by atoms with Crippen LogP contribution >= 0.6 is 0 Å². The molecule has 104 valence electrons. The number of carbonyl (C=O) groups excluding carboxylic acids is 2. The van der Waals surface area contributed by atoms with E-state index in [0.29, 0.717) is 26.1 Å². The molecule has 1 aromatic rings. The maximum atomic E-state index is 11.6. The van der Waals surface area contributed by atoms with Gasteiger partial charge in [-0.25, -0.2) is 0 Å². The maximum absolute atomic E-state index is 11.6. The van der Waals surface area contributed by atoms with E-state index < -0.39 is 0 Å². The molecule has 4 nitrogen and oxygen atoms in total. The zero-order chi connectivity index (χ0) is 14.1. The molecule has 0 fully saturated rings. The highest BCUT2D eigenvalue weighted by molar-refractivity contribution is 5.76. The van der Waals surface area contributed by atoms with Crippen molar-refractivity contribution in [3.8, 4) is 0 Å². The number of hydrogen-bond acceptors (Lipinski definition) is 2. The number of benzene rings is 1. The summed E-state index contributed by atoms with van der Waals surface area (Å²) in [7, 11) is 0. The van der Waals surface area contributed by atoms with E-state index in [1.807, 2.05) is 37.3 Å². The summed E-state index contributed by atoms with van der Waals surface area (Å²) in [6.45, 7) is 5.15. The molecule has 0 saturated carbocycles. The van der Waals surface area contributed by atoms with Crippen molar-refractivity contribution in [3.63, 3.8) is 0 Å². The smallest absolute Gasteiger partial charge is 0.220 e. The molecule has 0 aliphatic rings. The van der Waals surface area contributed by atoms with E-state index in [-0.39, 0.29) is 11.8 Å². The van der Waals surface area contributed by atoms with Crippen LogP contribution in [0, 0.1) is 0 Å². The molecular formula is C15H22N2O2. The van der Waals surface area contributed by atoms with Gasteiger partial charge in [-0.05, 0) is 12.0 Å². The Kier molecular flexibility index (Phi) is 6.64. The van der Waals surface area contributed by atoms with Gasteiger partial charge in [-0.3, -0.25) is 9.59 Å². The zero-order valence-electron chi connectivity index (χ0n) is 11.7. The molecule has 0 atom stereocenters. The summed E-state index contributed by atoms with van der Waals surface area (Å²) in [6, 6.07) is 9.84. The second-order valence-corrected chi connectivity index (χ2v) is 4.53. The molecular weight excluding hydrogens is 240 g/mol. The molecule has 0 saturated heterocycles. The van der Waals surface area contributed by atoms with Crippen LogP contribution in [0.25, 0.3) is 0 Å². The first-order chi connectivity index (χ1) is 9.13. The molecule has 0 unspecified atom stereocenters. The van der Waals surface area contributed by atoms with Crippen molar-refractivity contribution in [3.05, 3.63) is 35.9 Å². The Bertz CT molecular complexity index is 404. The van der Waals surface area contributed by atoms with E-state index in [4.69, 9.17) is 0 Å². The fourth-order valence-corrected chi connectivity index (χ4v) is 1.80. The molecule has 4 heteroatoms. The van der Waals surface area contributed by atoms with Crippen LogP contribution in [0.5, 0.6) is 0 Å². The minimum Gasteiger partial charge on any atom is -0.354 e. The van der Waals surface area contributed by atoms with Crippen LogP contribution in [0.4, 0.5) is 0 Å². The first-order valence-corrected chi connectivity index (χ1v) is 6.69. The lowest BCUT2D eigenvalue weighted by Crippen LogP contribution is -2.37. The number of hydrogen-bond donors (Lipinski definition) is 1. The van der Waals surface area contributed by atoms with Crippen LogP contribution in [0.1, 0.15) is 32.3 Å². The second kappa shape index (κ2) is 8.29. The third-order valence-electron chi connectivity index (χ3n) is 2.84. The predicted octanol–water partition coefficient (Wildman–Crippen LogP) is 1.95. The Morgan fingerprint density at radius 1 is 1.21 bits per heavy atom. The Balaban J connectivity index is 2.41. The third kappa shape index (κ3) is 6.04. The van der Waals surface area contributed by atoms with Gasteiger partial charge in [0, 0.05) is 33.0 Å². The molecule has 1 rings (SSSR count). The van der Waals surface area contributed by atoms with Gasteiger partial charge in [0.25, 0.3) is 0 Å². The molecule has 0 radical (unpaired) electrons. The van der Waals surface area contributed by atoms with E-state index in [2.05, 4.69) is 5.32 Å². The molecule has 0 aliphatic heterocycles. The molecule has 1 N–H and O–H groups in total. The Morgan fingerprint density at radius 2 is 1.89 bits per heavy atom. The van der Waals surface area contributed by atoms with Crippen LogP contribution in [-0.4, -0.2) is 29.8 Å². The van der Waals surface area contributed by atoms with Crippen LogP contribution in [0.15, 0.2) is 30.3 Å². The minimum atomic E-state index is 0.0218. The van der Waals surface area contributed by atoms with Crippen LogP contribution in [0.3, 0.4) is 0 Å². The first kappa shape index (κ1) is 15.2. The first-order valence-electron chi connectivity index (χ1n) is 6.69. The summed E-state index contributed by atoms with van der Waals surface area (Å²) in [5.74, 6) is 0.0688. The summed E-state index contributed by atoms with van der Waals surface area (Å²) in [4.78, 5) is 24.6. The highest BCUT2D eigenvalue weighted by Crippen LogP contribution is 2.04. The second-order valence-electron chi connectivity index (χ2n) is 4.53. The lowest BCUT2D eigenvalue weighted by atomic mass is 10.2. The fraction of sp³-hybridized carbons (Fsp3) is 0.467. The van der Waals surface area contributed by atoms with E-state index in [9.17, 15) is 9.59 Å². The summed E-state index contributed by atoms with van der Waals surface area (Å²) < 4.78 is 0. The lowest BCUT2D eigenvalue weighted by Gasteiger charge is -2.21. The van der Waals surface area contributed by atoms with Gasteiger partial charge in [-0.2, -0.15) is 0 Å². The molecule has 2 amide bonds. The van der Waals surface area contributed by atoms with Crippen molar-refractivity contribution < 1.29 is 9.59 Å². The lowest BCUT2D eigenvalue weighted by molar-refractivity contribution is -0.130. The summed E-state index contributed by atoms with van der Waals surface area (Å²) >= 11 is 0. The molecule has 0 heterocycles. The summed E-state index contributed by atoms with van der Waals surface area (Å²) in [5, 5.41) is 2.82. The number of amides is 2. The van der Waals surface area contributed by atoms with E-state index >= 15 is 0 Å². The fourth-order valence-electron chi connectivity index (χ4n) is 1.80. The van der Waals surface area contributed by atoms with E-state index in [1.54, 1.807) is 11.8 Å². The predicted molar refractivity (Wildman–Crippen MR) is 75.5 cm³/mol.